The number of aromatic hydroxyl groups is 1. The number of fused-ring (bicyclic) bond motifs is 4. The molecule has 2 bridgehead atoms. The number of hydrogen-bond acceptors (Lipinski definition) is 16. The highest BCUT2D eigenvalue weighted by molar-refractivity contribution is 7.13. The summed E-state index contributed by atoms with van der Waals surface area (Å²) >= 11 is 1.70. The van der Waals surface area contributed by atoms with Crippen molar-refractivity contribution in [3.63, 3.8) is 0 Å². The molecule has 0 saturated carbocycles. The molecule has 7 unspecified atom stereocenters. The molecule has 0 radical (unpaired) electrons. The van der Waals surface area contributed by atoms with Crippen LogP contribution in [0.3, 0.4) is 0 Å². The molecule has 5 fully saturated rings. The summed E-state index contributed by atoms with van der Waals surface area (Å²) in [6.45, 7) is 36.0. The van der Waals surface area contributed by atoms with Gasteiger partial charge in [-0.2, -0.15) is 0 Å². The summed E-state index contributed by atoms with van der Waals surface area (Å²) in [6.07, 6.45) is 26.4. The quantitative estimate of drug-likeness (QED) is 0.0164. The minimum Gasteiger partial charge on any atom is -0.508 e. The van der Waals surface area contributed by atoms with E-state index >= 15 is 4.39 Å². The van der Waals surface area contributed by atoms with Gasteiger partial charge in [0, 0.05) is 78.3 Å². The van der Waals surface area contributed by atoms with Crippen LogP contribution in [0.15, 0.2) is 134 Å². The number of unbranched alkanes of at least 4 members (excludes halogenated alkanes) is 1. The number of ether oxygens (including phenoxy) is 2. The van der Waals surface area contributed by atoms with Gasteiger partial charge in [-0.3, -0.25) is 29.3 Å². The van der Waals surface area contributed by atoms with Crippen molar-refractivity contribution in [2.45, 2.75) is 168 Å². The van der Waals surface area contributed by atoms with Crippen LogP contribution in [0.4, 0.5) is 8.78 Å². The molecule has 17 nitrogen and oxygen atoms in total. The summed E-state index contributed by atoms with van der Waals surface area (Å²) in [5, 5.41) is 21.7. The summed E-state index contributed by atoms with van der Waals surface area (Å²) in [5.41, 5.74) is 12.4. The number of aliphatic imine (C=N–C) groups is 3. The molecule has 20 heteroatoms. The maximum Gasteiger partial charge on any atom is 0.293 e. The third kappa shape index (κ3) is 18.5. The summed E-state index contributed by atoms with van der Waals surface area (Å²) in [6, 6.07) is 14.9. The number of halogens is 2. The first-order valence-electron chi connectivity index (χ1n) is 34.6. The topological polar surface area (TPSA) is 212 Å². The predicted octanol–water partition coefficient (Wildman–Crippen LogP) is 13.3. The number of benzene rings is 3. The van der Waals surface area contributed by atoms with Crippen molar-refractivity contribution in [1.82, 2.24) is 35.6 Å². The standard InChI is InChI=1S/C37H38F2N6O4.C37H54N4OS.C3H8.CH3NO/c1-4-28-31(38)8-5-23-11-27(47)12-29(32(23)28)34-33(39)35(30(14-41-34)36(40-3)44-16-24-6-7-25(17-44)43-24)42-20-49-19-37-10-9-26(18-48-21-46)45(37)15-22(2)13-37;1-26(29-12-14-30(15-13-29)33-27(2)39-25-43-33)11-9-10-22-38-28(3)34(36(4,5)6)40-35(42)31-16-20-37(7,21-17-31)32-18-23-41(8)24-19-32;1-3-2;2-1-3/h1,5,8,11-12,14,21,24-26,43,47H,2-3,6-7,9-10,13,15-20H2;12-17,20,25-26,32,34,38H,3,9-11,18-19,21-24H2,1-2,4-8H3,(H,40,42);3H2,1-2H3;1H,(H2,2,3)/b36-30+,42-35+;;;. The van der Waals surface area contributed by atoms with Crippen LogP contribution in [-0.2, 0) is 23.9 Å². The predicted molar refractivity (Wildman–Crippen MR) is 394 cm³/mol. The van der Waals surface area contributed by atoms with Crippen molar-refractivity contribution in [2.75, 3.05) is 66.3 Å². The lowest BCUT2D eigenvalue weighted by Crippen LogP contribution is -2.50. The van der Waals surface area contributed by atoms with Gasteiger partial charge >= 0.3 is 0 Å². The summed E-state index contributed by atoms with van der Waals surface area (Å²) in [4.78, 5) is 58.8. The summed E-state index contributed by atoms with van der Waals surface area (Å²) in [5.74, 6) is 2.42. The molecule has 1 aromatic heterocycles. The minimum absolute atomic E-state index is 0.00472. The van der Waals surface area contributed by atoms with Crippen molar-refractivity contribution in [3.05, 3.63) is 148 Å². The molecule has 3 aromatic carbocycles. The number of nitrogens with two attached hydrogens (primary N) is 1. The summed E-state index contributed by atoms with van der Waals surface area (Å²) in [7, 11) is 2.21. The fourth-order valence-corrected chi connectivity index (χ4v) is 15.7. The Morgan fingerprint density at radius 3 is 2.39 bits per heavy atom. The third-order valence-corrected chi connectivity index (χ3v) is 21.0. The van der Waals surface area contributed by atoms with E-state index in [1.54, 1.807) is 11.3 Å². The molecule has 526 valence electrons. The molecule has 4 aromatic rings. The van der Waals surface area contributed by atoms with Crippen molar-refractivity contribution in [1.29, 1.82) is 0 Å². The Labute approximate surface area is 583 Å². The normalized spacial score (nSPS) is 23.8. The summed E-state index contributed by atoms with van der Waals surface area (Å²) < 4.78 is 43.2. The van der Waals surface area contributed by atoms with Crippen LogP contribution in [0.25, 0.3) is 26.9 Å². The maximum absolute atomic E-state index is 17.0. The van der Waals surface area contributed by atoms with E-state index < -0.39 is 11.6 Å². The SMILES string of the molecule is C#Cc1c(F)ccc2cc(O)cc(C3=C(F)C(=N/COCC45CCC(COC=O)N4CC(=C)C5)/C(=C(\N=C)N4CC5CCC(C4)N5)C=N3)c12.C=C(NCCCCC(C)c1ccc(-c2scnc2C)cc1)C(NC(=O)C1=CCC(C)(C2CCN(C)CC2)C=C1)C(C)(C)C.CCC.NC=O. The zero-order valence-corrected chi connectivity index (χ0v) is 59.8. The van der Waals surface area contributed by atoms with Gasteiger partial charge in [-0.25, -0.2) is 18.8 Å². The van der Waals surface area contributed by atoms with Crippen LogP contribution >= 0.6 is 11.3 Å². The highest BCUT2D eigenvalue weighted by Crippen LogP contribution is 2.46. The average Bonchev–Trinajstić information content (AvgIpc) is 0.942. The van der Waals surface area contributed by atoms with Crippen LogP contribution in [0.2, 0.25) is 0 Å². The Bertz CT molecular complexity index is 3730. The molecule has 7 heterocycles. The molecule has 11 rings (SSSR count). The van der Waals surface area contributed by atoms with Gasteiger partial charge in [0.25, 0.3) is 12.4 Å². The largest absolute Gasteiger partial charge is 0.508 e. The number of carbonyl (C=O) groups excluding carboxylic acids is 3. The number of nitrogens with zero attached hydrogens (tertiary/aromatic N) is 7. The number of primary amides is 1. The van der Waals surface area contributed by atoms with E-state index in [0.717, 1.165) is 100.0 Å². The Balaban J connectivity index is 0.000000233. The molecule has 7 aliphatic rings. The molecule has 98 heavy (non-hydrogen) atoms. The van der Waals surface area contributed by atoms with Crippen molar-refractivity contribution >= 4 is 65.2 Å². The van der Waals surface area contributed by atoms with Crippen molar-refractivity contribution in [3.8, 4) is 28.5 Å². The molecule has 0 spiro atoms. The van der Waals surface area contributed by atoms with E-state index in [0.29, 0.717) is 67.9 Å². The van der Waals surface area contributed by atoms with Crippen LogP contribution in [-0.4, -0.2) is 158 Å². The molecule has 2 amide bonds. The number of phenols is 1. The second-order valence-corrected chi connectivity index (χ2v) is 29.4. The van der Waals surface area contributed by atoms with Crippen LogP contribution in [0, 0.1) is 41.8 Å². The molecule has 5 saturated heterocycles. The van der Waals surface area contributed by atoms with Crippen molar-refractivity contribution in [2.24, 2.45) is 37.5 Å². The maximum atomic E-state index is 17.0. The number of rotatable bonds is 22. The average molecular weight is 1360 g/mol. The number of terminal acetylenes is 1. The van der Waals surface area contributed by atoms with Crippen LogP contribution < -0.4 is 21.7 Å². The number of piperazine rings is 1. The number of nitrogens with one attached hydrogen (secondary N) is 3. The fourth-order valence-electron chi connectivity index (χ4n) is 14.9. The first-order chi connectivity index (χ1) is 46.9. The molecule has 6 aliphatic heterocycles. The number of aromatic nitrogens is 1. The lowest BCUT2D eigenvalue weighted by atomic mass is 9.68. The van der Waals surface area contributed by atoms with Gasteiger partial charge in [-0.05, 0) is 155 Å². The first-order valence-corrected chi connectivity index (χ1v) is 35.5. The van der Waals surface area contributed by atoms with Gasteiger partial charge in [0.05, 0.1) is 39.9 Å². The van der Waals surface area contributed by atoms with Crippen molar-refractivity contribution < 1.29 is 37.7 Å². The first kappa shape index (κ1) is 75.8. The van der Waals surface area contributed by atoms with Gasteiger partial charge in [0.1, 0.15) is 42.1 Å². The number of aryl methyl sites for hydroxylation is 1. The number of likely N-dealkylation sites (tertiary alicyclic amines) is 2. The number of amides is 2. The van der Waals surface area contributed by atoms with Gasteiger partial charge in [-0.1, -0.05) is 135 Å². The number of allylic oxidation sites excluding steroid dienone is 4. The zero-order valence-electron chi connectivity index (χ0n) is 59.0. The Morgan fingerprint density at radius 2 is 1.77 bits per heavy atom. The lowest BCUT2D eigenvalue weighted by Gasteiger charge is -2.41. The third-order valence-electron chi connectivity index (χ3n) is 20.1. The lowest BCUT2D eigenvalue weighted by molar-refractivity contribution is -0.130. The highest BCUT2D eigenvalue weighted by atomic mass is 32.1. The van der Waals surface area contributed by atoms with E-state index in [1.165, 1.54) is 65.7 Å². The Morgan fingerprint density at radius 1 is 1.06 bits per heavy atom. The van der Waals surface area contributed by atoms with E-state index in [4.69, 9.17) is 20.7 Å². The van der Waals surface area contributed by atoms with E-state index in [1.807, 2.05) is 5.51 Å². The van der Waals surface area contributed by atoms with E-state index in [-0.39, 0.29) is 93.3 Å². The Kier molecular flexibility index (Phi) is 26.9. The van der Waals surface area contributed by atoms with Gasteiger partial charge in [0.15, 0.2) is 5.83 Å². The second kappa shape index (κ2) is 34.7. The van der Waals surface area contributed by atoms with Gasteiger partial charge in [-0.15, -0.1) is 17.8 Å². The van der Waals surface area contributed by atoms with Crippen LogP contribution in [0.5, 0.6) is 5.75 Å². The molecular weight excluding hydrogens is 1260 g/mol. The van der Waals surface area contributed by atoms with E-state index in [9.17, 15) is 19.1 Å². The fraction of sp³-hybridized carbons (Fsp3) is 0.500. The number of carbonyl (C=O) groups is 3. The monoisotopic (exact) mass is 1360 g/mol. The number of thiazole rings is 1. The van der Waals surface area contributed by atoms with Gasteiger partial charge < -0.3 is 46.1 Å². The highest BCUT2D eigenvalue weighted by Gasteiger charge is 2.51. The smallest absolute Gasteiger partial charge is 0.293 e. The molecular formula is C78H103F2N11O6S. The zero-order chi connectivity index (χ0) is 70.9. The molecule has 7 atom stereocenters. The second-order valence-electron chi connectivity index (χ2n) is 28.5. The molecule has 1 aliphatic carbocycles. The van der Waals surface area contributed by atoms with Gasteiger partial charge in [0.2, 0.25) is 6.41 Å². The Hall–Kier alpha value is -7.93. The number of hydrogen-bond donors (Lipinski definition) is 5. The number of phenolic OH excluding ortho intramolecular Hbond substituents is 1. The molecule has 6 N–H and O–H groups in total. The number of piperidine rings is 1. The minimum atomic E-state index is -0.791. The van der Waals surface area contributed by atoms with Crippen LogP contribution in [0.1, 0.15) is 154 Å². The van der Waals surface area contributed by atoms with E-state index in [2.05, 4.69) is 187 Å².